The smallest absolute Gasteiger partial charge is 0.114 e. The Labute approximate surface area is 209 Å². The first-order valence-corrected chi connectivity index (χ1v) is 12.1. The molecule has 10 heteroatoms. The summed E-state index contributed by atoms with van der Waals surface area (Å²) in [5, 5.41) is 44.0. The predicted molar refractivity (Wildman–Crippen MR) is 125 cm³/mol. The lowest BCUT2D eigenvalue weighted by atomic mass is 10.1. The number of hydrogen-bond donors (Lipinski definition) is 0. The topological polar surface area (TPSA) is 165 Å². The van der Waals surface area contributed by atoms with Gasteiger partial charge in [-0.05, 0) is 32.1 Å². The van der Waals surface area contributed by atoms with Crippen LogP contribution in [0.1, 0.15) is 64.2 Å². The third-order valence-corrected chi connectivity index (χ3v) is 4.72. The summed E-state index contributed by atoms with van der Waals surface area (Å²) >= 11 is 0. The first kappa shape index (κ1) is 32.2. The van der Waals surface area contributed by atoms with Crippen molar-refractivity contribution in [2.45, 2.75) is 82.5 Å². The molecule has 0 fully saturated rings. The molecule has 10 nitrogen and oxygen atoms in total. The van der Waals surface area contributed by atoms with E-state index in [1.165, 1.54) is 0 Å². The Bertz CT molecular complexity index is 666. The lowest BCUT2D eigenvalue weighted by molar-refractivity contribution is -0.169. The highest BCUT2D eigenvalue weighted by atomic mass is 16.6. The van der Waals surface area contributed by atoms with Gasteiger partial charge in [0.15, 0.2) is 0 Å². The number of nitriles is 5. The van der Waals surface area contributed by atoms with Gasteiger partial charge in [-0.25, -0.2) is 0 Å². The molecule has 2 unspecified atom stereocenters. The van der Waals surface area contributed by atoms with Gasteiger partial charge >= 0.3 is 0 Å². The third-order valence-electron chi connectivity index (χ3n) is 4.72. The number of rotatable bonds is 24. The largest absolute Gasteiger partial charge is 0.379 e. The maximum absolute atomic E-state index is 8.86. The van der Waals surface area contributed by atoms with E-state index >= 15 is 0 Å². The minimum absolute atomic E-state index is 0.202. The number of hydrogen-bond acceptors (Lipinski definition) is 10. The first-order chi connectivity index (χ1) is 17.2. The second-order valence-electron chi connectivity index (χ2n) is 7.61. The van der Waals surface area contributed by atoms with Crippen molar-refractivity contribution >= 4 is 0 Å². The van der Waals surface area contributed by atoms with Crippen molar-refractivity contribution in [2.75, 3.05) is 46.2 Å². The van der Waals surface area contributed by atoms with Crippen LogP contribution in [0, 0.1) is 56.7 Å². The normalized spacial score (nSPS) is 12.9. The fourth-order valence-electron chi connectivity index (χ4n) is 2.98. The van der Waals surface area contributed by atoms with Crippen LogP contribution in [-0.2, 0) is 23.7 Å². The molecule has 0 aliphatic rings. The van der Waals surface area contributed by atoms with Crippen LogP contribution >= 0.6 is 0 Å². The number of unbranched alkanes of at least 4 members (excludes halogenated alkanes) is 5. The van der Waals surface area contributed by atoms with Gasteiger partial charge in [-0.3, -0.25) is 0 Å². The summed E-state index contributed by atoms with van der Waals surface area (Å²) in [5.74, 6) is 0. The van der Waals surface area contributed by atoms with Crippen LogP contribution in [0.3, 0.4) is 0 Å². The lowest BCUT2D eigenvalue weighted by Crippen LogP contribution is -2.47. The van der Waals surface area contributed by atoms with Gasteiger partial charge in [-0.1, -0.05) is 0 Å². The van der Waals surface area contributed by atoms with E-state index in [0.717, 1.165) is 0 Å². The minimum Gasteiger partial charge on any atom is -0.379 e. The summed E-state index contributed by atoms with van der Waals surface area (Å²) in [6.07, 6.45) is 3.08. The van der Waals surface area contributed by atoms with E-state index < -0.39 is 18.3 Å². The standard InChI is InChI=1S/C25H37N5O5/c26-11-1-6-16-31-21-23(33-18-8-3-13-28)25(35-20-10-5-15-30)24(34-19-9-4-14-29)22-32-17-7-2-12-27/h23-25H,1-10,16-22H2. The molecule has 0 aliphatic carbocycles. The van der Waals surface area contributed by atoms with Crippen LogP contribution in [0.5, 0.6) is 0 Å². The molecule has 0 radical (unpaired) electrons. The Kier molecular flexibility index (Phi) is 23.8. The minimum atomic E-state index is -0.579. The molecule has 0 aromatic carbocycles. The van der Waals surface area contributed by atoms with E-state index in [9.17, 15) is 0 Å². The van der Waals surface area contributed by atoms with E-state index in [2.05, 4.69) is 30.3 Å². The van der Waals surface area contributed by atoms with Crippen LogP contribution in [0.15, 0.2) is 0 Å². The SMILES string of the molecule is N#CCCCOCC(OCCCC#N)C(OCCCC#N)C(COCCCC#N)OCCCC#N. The lowest BCUT2D eigenvalue weighted by Gasteiger charge is -2.33. The van der Waals surface area contributed by atoms with Gasteiger partial charge < -0.3 is 23.7 Å². The Morgan fingerprint density at radius 3 is 1.09 bits per heavy atom. The molecule has 0 amide bonds. The fourth-order valence-corrected chi connectivity index (χ4v) is 2.98. The highest BCUT2D eigenvalue weighted by Crippen LogP contribution is 2.17. The molecule has 0 spiro atoms. The summed E-state index contributed by atoms with van der Waals surface area (Å²) in [4.78, 5) is 0. The van der Waals surface area contributed by atoms with Crippen LogP contribution in [0.4, 0.5) is 0 Å². The molecule has 35 heavy (non-hydrogen) atoms. The van der Waals surface area contributed by atoms with E-state index in [0.29, 0.717) is 97.2 Å². The summed E-state index contributed by atoms with van der Waals surface area (Å²) in [5.41, 5.74) is 0. The van der Waals surface area contributed by atoms with Gasteiger partial charge in [-0.15, -0.1) is 0 Å². The van der Waals surface area contributed by atoms with Gasteiger partial charge in [0.25, 0.3) is 0 Å². The molecule has 0 aliphatic heterocycles. The van der Waals surface area contributed by atoms with Crippen molar-refractivity contribution < 1.29 is 23.7 Å². The summed E-state index contributed by atoms with van der Waals surface area (Å²) in [6.45, 7) is 2.18. The van der Waals surface area contributed by atoms with Gasteiger partial charge in [-0.2, -0.15) is 26.3 Å². The summed E-state index contributed by atoms with van der Waals surface area (Å²) in [6, 6.07) is 10.5. The number of ether oxygens (including phenoxy) is 5. The molecule has 0 aromatic heterocycles. The van der Waals surface area contributed by atoms with E-state index in [-0.39, 0.29) is 13.2 Å². The molecule has 0 rings (SSSR count). The van der Waals surface area contributed by atoms with E-state index in [4.69, 9.17) is 50.0 Å². The van der Waals surface area contributed by atoms with Gasteiger partial charge in [0.1, 0.15) is 18.3 Å². The average Bonchev–Trinajstić information content (AvgIpc) is 2.87. The maximum Gasteiger partial charge on any atom is 0.114 e. The van der Waals surface area contributed by atoms with Gasteiger partial charge in [0, 0.05) is 65.1 Å². The molecular weight excluding hydrogens is 450 g/mol. The third kappa shape index (κ3) is 19.3. The molecule has 0 bridgehead atoms. The Hall–Kier alpha value is -2.75. The van der Waals surface area contributed by atoms with Crippen molar-refractivity contribution in [3.8, 4) is 30.3 Å². The molecule has 0 saturated heterocycles. The molecule has 0 N–H and O–H groups in total. The van der Waals surface area contributed by atoms with Crippen LogP contribution < -0.4 is 0 Å². The van der Waals surface area contributed by atoms with Crippen molar-refractivity contribution in [1.29, 1.82) is 26.3 Å². The molecule has 0 heterocycles. The maximum atomic E-state index is 8.86. The Morgan fingerprint density at radius 2 is 0.743 bits per heavy atom. The second-order valence-corrected chi connectivity index (χ2v) is 7.61. The van der Waals surface area contributed by atoms with Gasteiger partial charge in [0.2, 0.25) is 0 Å². The molecule has 192 valence electrons. The molecule has 0 aromatic rings. The Balaban J connectivity index is 5.44. The molecule has 2 atom stereocenters. The van der Waals surface area contributed by atoms with Crippen molar-refractivity contribution in [3.05, 3.63) is 0 Å². The monoisotopic (exact) mass is 487 g/mol. The average molecular weight is 488 g/mol. The van der Waals surface area contributed by atoms with E-state index in [1.54, 1.807) is 0 Å². The highest BCUT2D eigenvalue weighted by Gasteiger charge is 2.33. The zero-order chi connectivity index (χ0) is 25.8. The zero-order valence-electron chi connectivity index (χ0n) is 20.5. The van der Waals surface area contributed by atoms with Gasteiger partial charge in [0.05, 0.1) is 43.6 Å². The summed E-state index contributed by atoms with van der Waals surface area (Å²) < 4.78 is 29.8. The van der Waals surface area contributed by atoms with Crippen molar-refractivity contribution in [1.82, 2.24) is 0 Å². The fraction of sp³-hybridized carbons (Fsp3) is 0.800. The molecule has 0 saturated carbocycles. The highest BCUT2D eigenvalue weighted by molar-refractivity contribution is 4.82. The van der Waals surface area contributed by atoms with Crippen molar-refractivity contribution in [3.63, 3.8) is 0 Å². The number of nitrogens with zero attached hydrogens (tertiary/aromatic N) is 5. The first-order valence-electron chi connectivity index (χ1n) is 12.1. The predicted octanol–water partition coefficient (Wildman–Crippen LogP) is 3.69. The Morgan fingerprint density at radius 1 is 0.429 bits per heavy atom. The summed E-state index contributed by atoms with van der Waals surface area (Å²) in [7, 11) is 0. The quantitative estimate of drug-likeness (QED) is 0.183. The van der Waals surface area contributed by atoms with E-state index in [1.807, 2.05) is 0 Å². The van der Waals surface area contributed by atoms with Crippen LogP contribution in [-0.4, -0.2) is 64.6 Å². The van der Waals surface area contributed by atoms with Crippen molar-refractivity contribution in [2.24, 2.45) is 0 Å². The second kappa shape index (κ2) is 25.9. The zero-order valence-corrected chi connectivity index (χ0v) is 20.5. The van der Waals surface area contributed by atoms with Crippen LogP contribution in [0.2, 0.25) is 0 Å². The molecular formula is C25H37N5O5. The van der Waals surface area contributed by atoms with Crippen LogP contribution in [0.25, 0.3) is 0 Å².